The van der Waals surface area contributed by atoms with Crippen molar-refractivity contribution < 1.29 is 4.79 Å². The standard InChI is InChI=1S/C14H12N4OS/c15-12-10-5-1-2-6-11(10)20-13(12)14(19)16-8-9-4-3-7-17-18-9/h1-7H,8,15H2,(H,16,19). The molecule has 0 spiro atoms. The van der Waals surface area contributed by atoms with E-state index in [2.05, 4.69) is 15.5 Å². The number of hydrogen-bond donors (Lipinski definition) is 2. The van der Waals surface area contributed by atoms with Gasteiger partial charge in [0.2, 0.25) is 0 Å². The van der Waals surface area contributed by atoms with Crippen molar-refractivity contribution in [3.8, 4) is 0 Å². The van der Waals surface area contributed by atoms with Crippen LogP contribution >= 0.6 is 11.3 Å². The maximum atomic E-state index is 12.2. The number of amides is 1. The van der Waals surface area contributed by atoms with Crippen LogP contribution in [0.3, 0.4) is 0 Å². The lowest BCUT2D eigenvalue weighted by Gasteiger charge is -2.03. The molecule has 5 nitrogen and oxygen atoms in total. The molecule has 100 valence electrons. The van der Waals surface area contributed by atoms with Crippen molar-refractivity contribution in [3.63, 3.8) is 0 Å². The molecule has 3 N–H and O–H groups in total. The van der Waals surface area contributed by atoms with Gasteiger partial charge in [0, 0.05) is 16.3 Å². The maximum absolute atomic E-state index is 12.2. The molecule has 2 aromatic heterocycles. The number of benzene rings is 1. The first-order valence-electron chi connectivity index (χ1n) is 6.07. The minimum absolute atomic E-state index is 0.186. The lowest BCUT2D eigenvalue weighted by molar-refractivity contribution is 0.0955. The molecule has 0 saturated heterocycles. The quantitative estimate of drug-likeness (QED) is 0.772. The monoisotopic (exact) mass is 284 g/mol. The molecule has 0 aliphatic rings. The Kier molecular flexibility index (Phi) is 3.30. The fourth-order valence-corrected chi connectivity index (χ4v) is 2.95. The van der Waals surface area contributed by atoms with Crippen LogP contribution < -0.4 is 11.1 Å². The first-order valence-corrected chi connectivity index (χ1v) is 6.89. The highest BCUT2D eigenvalue weighted by Crippen LogP contribution is 2.33. The number of aromatic nitrogens is 2. The van der Waals surface area contributed by atoms with E-state index >= 15 is 0 Å². The Morgan fingerprint density at radius 1 is 1.25 bits per heavy atom. The van der Waals surface area contributed by atoms with Crippen LogP contribution in [0.15, 0.2) is 42.6 Å². The van der Waals surface area contributed by atoms with Crippen LogP contribution in [0.5, 0.6) is 0 Å². The first kappa shape index (κ1) is 12.6. The van der Waals surface area contributed by atoms with E-state index in [1.54, 1.807) is 12.3 Å². The highest BCUT2D eigenvalue weighted by molar-refractivity contribution is 7.21. The molecule has 0 aliphatic heterocycles. The Bertz CT molecular complexity index is 754. The number of carbonyl (C=O) groups excluding carboxylic acids is 1. The smallest absolute Gasteiger partial charge is 0.263 e. The third-order valence-corrected chi connectivity index (χ3v) is 4.08. The second-order valence-corrected chi connectivity index (χ2v) is 5.29. The Morgan fingerprint density at radius 3 is 2.85 bits per heavy atom. The second kappa shape index (κ2) is 5.26. The van der Waals surface area contributed by atoms with Gasteiger partial charge in [-0.1, -0.05) is 18.2 Å². The Balaban J connectivity index is 1.81. The van der Waals surface area contributed by atoms with Crippen molar-refractivity contribution in [1.29, 1.82) is 0 Å². The number of hydrogen-bond acceptors (Lipinski definition) is 5. The molecule has 1 amide bonds. The summed E-state index contributed by atoms with van der Waals surface area (Å²) < 4.78 is 1.01. The fourth-order valence-electron chi connectivity index (χ4n) is 1.91. The topological polar surface area (TPSA) is 80.9 Å². The van der Waals surface area contributed by atoms with Crippen LogP contribution in [0.2, 0.25) is 0 Å². The Morgan fingerprint density at radius 2 is 2.10 bits per heavy atom. The number of nitrogen functional groups attached to an aromatic ring is 1. The molecule has 1 aromatic carbocycles. The highest BCUT2D eigenvalue weighted by atomic mass is 32.1. The predicted molar refractivity (Wildman–Crippen MR) is 79.4 cm³/mol. The summed E-state index contributed by atoms with van der Waals surface area (Å²) >= 11 is 1.39. The molecular weight excluding hydrogens is 272 g/mol. The van der Waals surface area contributed by atoms with Gasteiger partial charge in [0.1, 0.15) is 4.88 Å². The number of nitrogens with zero attached hydrogens (tertiary/aromatic N) is 2. The molecule has 0 unspecified atom stereocenters. The average Bonchev–Trinajstić information content (AvgIpc) is 2.84. The first-order chi connectivity index (χ1) is 9.75. The lowest BCUT2D eigenvalue weighted by Crippen LogP contribution is -2.23. The predicted octanol–water partition coefficient (Wildman–Crippen LogP) is 2.20. The van der Waals surface area contributed by atoms with E-state index in [-0.39, 0.29) is 5.91 Å². The molecule has 0 aliphatic carbocycles. The van der Waals surface area contributed by atoms with Crippen molar-refractivity contribution in [3.05, 3.63) is 53.2 Å². The van der Waals surface area contributed by atoms with Crippen LogP contribution in [0.25, 0.3) is 10.1 Å². The zero-order valence-electron chi connectivity index (χ0n) is 10.5. The summed E-state index contributed by atoms with van der Waals surface area (Å²) in [5.74, 6) is -0.186. The largest absolute Gasteiger partial charge is 0.397 e. The second-order valence-electron chi connectivity index (χ2n) is 4.24. The van der Waals surface area contributed by atoms with E-state index in [9.17, 15) is 4.79 Å². The Hall–Kier alpha value is -2.47. The number of nitrogens with one attached hydrogen (secondary N) is 1. The summed E-state index contributed by atoms with van der Waals surface area (Å²) in [4.78, 5) is 12.7. The van der Waals surface area contributed by atoms with E-state index in [0.717, 1.165) is 10.1 Å². The molecule has 0 fully saturated rings. The average molecular weight is 284 g/mol. The van der Waals surface area contributed by atoms with Gasteiger partial charge in [-0.25, -0.2) is 0 Å². The van der Waals surface area contributed by atoms with Gasteiger partial charge in [-0.3, -0.25) is 4.79 Å². The number of thiophene rings is 1. The Labute approximate surface area is 119 Å². The SMILES string of the molecule is Nc1c(C(=O)NCc2cccnn2)sc2ccccc12. The van der Waals surface area contributed by atoms with E-state index < -0.39 is 0 Å². The minimum Gasteiger partial charge on any atom is -0.397 e. The van der Waals surface area contributed by atoms with Gasteiger partial charge in [0.25, 0.3) is 5.91 Å². The lowest BCUT2D eigenvalue weighted by atomic mass is 10.2. The van der Waals surface area contributed by atoms with Crippen LogP contribution in [0.4, 0.5) is 5.69 Å². The molecule has 3 rings (SSSR count). The molecule has 0 radical (unpaired) electrons. The summed E-state index contributed by atoms with van der Waals surface area (Å²) in [7, 11) is 0. The summed E-state index contributed by atoms with van der Waals surface area (Å²) in [5, 5.41) is 11.4. The van der Waals surface area contributed by atoms with Gasteiger partial charge in [0.15, 0.2) is 0 Å². The summed E-state index contributed by atoms with van der Waals surface area (Å²) in [6.45, 7) is 0.334. The van der Waals surface area contributed by atoms with Crippen LogP contribution in [-0.2, 0) is 6.54 Å². The normalized spacial score (nSPS) is 10.6. The van der Waals surface area contributed by atoms with E-state index in [1.807, 2.05) is 30.3 Å². The number of anilines is 1. The molecular formula is C14H12N4OS. The summed E-state index contributed by atoms with van der Waals surface area (Å²) in [6.07, 6.45) is 1.59. The van der Waals surface area contributed by atoms with Crippen LogP contribution in [0.1, 0.15) is 15.4 Å². The number of fused-ring (bicyclic) bond motifs is 1. The molecule has 20 heavy (non-hydrogen) atoms. The molecule has 3 aromatic rings. The van der Waals surface area contributed by atoms with Gasteiger partial charge in [-0.05, 0) is 18.2 Å². The van der Waals surface area contributed by atoms with E-state index in [0.29, 0.717) is 22.8 Å². The fraction of sp³-hybridized carbons (Fsp3) is 0.0714. The van der Waals surface area contributed by atoms with Crippen LogP contribution in [0, 0.1) is 0 Å². The minimum atomic E-state index is -0.186. The van der Waals surface area contributed by atoms with Crippen molar-refractivity contribution >= 4 is 33.0 Å². The zero-order chi connectivity index (χ0) is 13.9. The molecule has 0 saturated carbocycles. The molecule has 0 atom stereocenters. The van der Waals surface area contributed by atoms with Gasteiger partial charge < -0.3 is 11.1 Å². The van der Waals surface area contributed by atoms with E-state index in [1.165, 1.54) is 11.3 Å². The van der Waals surface area contributed by atoms with E-state index in [4.69, 9.17) is 5.73 Å². The summed E-state index contributed by atoms with van der Waals surface area (Å²) in [6, 6.07) is 11.3. The highest BCUT2D eigenvalue weighted by Gasteiger charge is 2.15. The third-order valence-electron chi connectivity index (χ3n) is 2.90. The molecule has 0 bridgehead atoms. The van der Waals surface area contributed by atoms with Gasteiger partial charge in [0.05, 0.1) is 17.9 Å². The van der Waals surface area contributed by atoms with Gasteiger partial charge >= 0.3 is 0 Å². The van der Waals surface area contributed by atoms with Crippen molar-refractivity contribution in [2.45, 2.75) is 6.54 Å². The van der Waals surface area contributed by atoms with Crippen molar-refractivity contribution in [1.82, 2.24) is 15.5 Å². The van der Waals surface area contributed by atoms with Gasteiger partial charge in [-0.2, -0.15) is 10.2 Å². The number of nitrogens with two attached hydrogens (primary N) is 1. The maximum Gasteiger partial charge on any atom is 0.263 e. The van der Waals surface area contributed by atoms with Gasteiger partial charge in [-0.15, -0.1) is 11.3 Å². The number of rotatable bonds is 3. The zero-order valence-corrected chi connectivity index (χ0v) is 11.4. The van der Waals surface area contributed by atoms with Crippen LogP contribution in [-0.4, -0.2) is 16.1 Å². The molecule has 6 heteroatoms. The van der Waals surface area contributed by atoms with Crippen molar-refractivity contribution in [2.75, 3.05) is 5.73 Å². The summed E-state index contributed by atoms with van der Waals surface area (Å²) in [5.41, 5.74) is 7.27. The van der Waals surface area contributed by atoms with Crippen molar-refractivity contribution in [2.24, 2.45) is 0 Å². The third kappa shape index (κ3) is 2.33. The molecule has 2 heterocycles. The number of carbonyl (C=O) groups is 1.